The summed E-state index contributed by atoms with van der Waals surface area (Å²) in [5.74, 6) is -0.449. The maximum absolute atomic E-state index is 10.9. The van der Waals surface area contributed by atoms with Crippen LogP contribution in [-0.2, 0) is 0 Å². The third kappa shape index (κ3) is 2.45. The molecule has 1 rings (SSSR count). The van der Waals surface area contributed by atoms with Crippen molar-refractivity contribution in [3.8, 4) is 5.75 Å². The molecule has 0 saturated heterocycles. The first-order valence-corrected chi connectivity index (χ1v) is 4.47. The number of rotatable bonds is 4. The first-order valence-electron chi connectivity index (χ1n) is 4.47. The Kier molecular flexibility index (Phi) is 3.65. The van der Waals surface area contributed by atoms with Gasteiger partial charge in [0.25, 0.3) is 0 Å². The van der Waals surface area contributed by atoms with Crippen molar-refractivity contribution in [2.24, 2.45) is 11.5 Å². The van der Waals surface area contributed by atoms with Gasteiger partial charge in [0.2, 0.25) is 0 Å². The van der Waals surface area contributed by atoms with Crippen molar-refractivity contribution in [1.29, 1.82) is 0 Å². The Balaban J connectivity index is 3.22. The van der Waals surface area contributed by atoms with Crippen molar-refractivity contribution in [3.63, 3.8) is 0 Å². The number of methoxy groups -OCH3 is 1. The predicted octanol–water partition coefficient (Wildman–Crippen LogP) is 0.352. The molecule has 15 heavy (non-hydrogen) atoms. The largest absolute Gasteiger partial charge is 0.497 e. The minimum Gasteiger partial charge on any atom is -0.497 e. The Hall–Kier alpha value is -1.59. The molecule has 5 N–H and O–H groups in total. The standard InChI is InChI=1S/C10H14N2O3/c1-15-6-2-3-7(10(13)14)8(4-6)9(12)5-11/h2-4,9H,5,11-12H2,1H3,(H,13,14)/t9-/m1/s1. The van der Waals surface area contributed by atoms with Crippen molar-refractivity contribution < 1.29 is 14.6 Å². The normalized spacial score (nSPS) is 12.2. The minimum atomic E-state index is -1.02. The molecule has 1 aromatic carbocycles. The third-order valence-corrected chi connectivity index (χ3v) is 2.14. The molecule has 5 heteroatoms. The Labute approximate surface area is 87.6 Å². The minimum absolute atomic E-state index is 0.161. The molecule has 1 atom stereocenters. The summed E-state index contributed by atoms with van der Waals surface area (Å²) in [6, 6.07) is 4.15. The van der Waals surface area contributed by atoms with Crippen LogP contribution in [0.15, 0.2) is 18.2 Å². The van der Waals surface area contributed by atoms with Gasteiger partial charge in [0.05, 0.1) is 12.7 Å². The van der Waals surface area contributed by atoms with E-state index in [0.29, 0.717) is 11.3 Å². The Morgan fingerprint density at radius 1 is 1.60 bits per heavy atom. The number of carbonyl (C=O) groups is 1. The summed E-state index contributed by atoms with van der Waals surface area (Å²) in [6.45, 7) is 0.188. The second kappa shape index (κ2) is 4.77. The topological polar surface area (TPSA) is 98.6 Å². The fourth-order valence-electron chi connectivity index (χ4n) is 1.30. The summed E-state index contributed by atoms with van der Waals surface area (Å²) in [5, 5.41) is 8.94. The van der Waals surface area contributed by atoms with Crippen LogP contribution in [0.4, 0.5) is 0 Å². The lowest BCUT2D eigenvalue weighted by atomic mass is 10.0. The number of carboxylic acid groups (broad SMARTS) is 1. The first-order chi connectivity index (χ1) is 7.10. The molecular weight excluding hydrogens is 196 g/mol. The summed E-state index contributed by atoms with van der Waals surface area (Å²) < 4.78 is 4.99. The van der Waals surface area contributed by atoms with Crippen LogP contribution >= 0.6 is 0 Å². The van der Waals surface area contributed by atoms with Crippen LogP contribution in [0.25, 0.3) is 0 Å². The molecule has 0 radical (unpaired) electrons. The first kappa shape index (κ1) is 11.5. The summed E-state index contributed by atoms with van der Waals surface area (Å²) in [4.78, 5) is 10.9. The molecular formula is C10H14N2O3. The van der Waals surface area contributed by atoms with E-state index in [1.807, 2.05) is 0 Å². The molecule has 5 nitrogen and oxygen atoms in total. The monoisotopic (exact) mass is 210 g/mol. The molecule has 0 bridgehead atoms. The second-order valence-corrected chi connectivity index (χ2v) is 3.10. The Bertz CT molecular complexity index is 366. The maximum atomic E-state index is 10.9. The average molecular weight is 210 g/mol. The number of hydrogen-bond donors (Lipinski definition) is 3. The average Bonchev–Trinajstić information content (AvgIpc) is 2.26. The van der Waals surface area contributed by atoms with Gasteiger partial charge in [-0.1, -0.05) is 0 Å². The predicted molar refractivity (Wildman–Crippen MR) is 55.9 cm³/mol. The zero-order valence-corrected chi connectivity index (χ0v) is 8.43. The lowest BCUT2D eigenvalue weighted by Gasteiger charge is -2.13. The van der Waals surface area contributed by atoms with E-state index < -0.39 is 12.0 Å². The van der Waals surface area contributed by atoms with E-state index in [0.717, 1.165) is 0 Å². The molecule has 0 fully saturated rings. The smallest absolute Gasteiger partial charge is 0.336 e. The van der Waals surface area contributed by atoms with Crippen LogP contribution in [0.5, 0.6) is 5.75 Å². The summed E-state index contributed by atoms with van der Waals surface area (Å²) in [5.41, 5.74) is 11.8. The lowest BCUT2D eigenvalue weighted by Crippen LogP contribution is -2.23. The van der Waals surface area contributed by atoms with Crippen LogP contribution in [-0.4, -0.2) is 24.7 Å². The SMILES string of the molecule is COc1ccc(C(=O)O)c([C@H](N)CN)c1. The maximum Gasteiger partial charge on any atom is 0.336 e. The van der Waals surface area contributed by atoms with Gasteiger partial charge < -0.3 is 21.3 Å². The number of carboxylic acids is 1. The van der Waals surface area contributed by atoms with Crippen molar-refractivity contribution in [2.75, 3.05) is 13.7 Å². The number of nitrogens with two attached hydrogens (primary N) is 2. The molecule has 0 aliphatic carbocycles. The zero-order chi connectivity index (χ0) is 11.4. The lowest BCUT2D eigenvalue weighted by molar-refractivity contribution is 0.0695. The highest BCUT2D eigenvalue weighted by molar-refractivity contribution is 5.89. The fraction of sp³-hybridized carbons (Fsp3) is 0.300. The van der Waals surface area contributed by atoms with Crippen molar-refractivity contribution in [1.82, 2.24) is 0 Å². The van der Waals surface area contributed by atoms with Gasteiger partial charge in [-0.25, -0.2) is 4.79 Å². The van der Waals surface area contributed by atoms with E-state index in [1.165, 1.54) is 13.2 Å². The Morgan fingerprint density at radius 2 is 2.27 bits per heavy atom. The zero-order valence-electron chi connectivity index (χ0n) is 8.43. The summed E-state index contributed by atoms with van der Waals surface area (Å²) >= 11 is 0. The molecule has 0 unspecified atom stereocenters. The highest BCUT2D eigenvalue weighted by Gasteiger charge is 2.15. The summed E-state index contributed by atoms with van der Waals surface area (Å²) in [7, 11) is 1.51. The highest BCUT2D eigenvalue weighted by Crippen LogP contribution is 2.22. The molecule has 1 aromatic rings. The molecule has 0 aliphatic rings. The van der Waals surface area contributed by atoms with Gasteiger partial charge in [-0.3, -0.25) is 0 Å². The van der Waals surface area contributed by atoms with Gasteiger partial charge in [-0.05, 0) is 23.8 Å². The molecule has 0 aliphatic heterocycles. The number of ether oxygens (including phenoxy) is 1. The van der Waals surface area contributed by atoms with Gasteiger partial charge >= 0.3 is 5.97 Å². The van der Waals surface area contributed by atoms with Crippen molar-refractivity contribution >= 4 is 5.97 Å². The van der Waals surface area contributed by atoms with Gasteiger partial charge in [0.15, 0.2) is 0 Å². The van der Waals surface area contributed by atoms with Crippen LogP contribution in [0.2, 0.25) is 0 Å². The quantitative estimate of drug-likeness (QED) is 0.666. The molecule has 0 aromatic heterocycles. The molecule has 0 heterocycles. The number of hydrogen-bond acceptors (Lipinski definition) is 4. The van der Waals surface area contributed by atoms with Crippen molar-refractivity contribution in [2.45, 2.75) is 6.04 Å². The number of benzene rings is 1. The molecule has 0 spiro atoms. The van der Waals surface area contributed by atoms with E-state index in [1.54, 1.807) is 12.1 Å². The van der Waals surface area contributed by atoms with Crippen LogP contribution in [0.3, 0.4) is 0 Å². The van der Waals surface area contributed by atoms with E-state index in [9.17, 15) is 4.79 Å². The fourth-order valence-corrected chi connectivity index (χ4v) is 1.30. The van der Waals surface area contributed by atoms with Gasteiger partial charge in [0, 0.05) is 12.6 Å². The Morgan fingerprint density at radius 3 is 2.73 bits per heavy atom. The van der Waals surface area contributed by atoms with Gasteiger partial charge in [0.1, 0.15) is 5.75 Å². The van der Waals surface area contributed by atoms with Crippen LogP contribution < -0.4 is 16.2 Å². The van der Waals surface area contributed by atoms with Crippen LogP contribution in [0.1, 0.15) is 22.0 Å². The third-order valence-electron chi connectivity index (χ3n) is 2.14. The highest BCUT2D eigenvalue weighted by atomic mass is 16.5. The summed E-state index contributed by atoms with van der Waals surface area (Å²) in [6.07, 6.45) is 0. The molecule has 0 amide bonds. The van der Waals surface area contributed by atoms with Gasteiger partial charge in [-0.15, -0.1) is 0 Å². The second-order valence-electron chi connectivity index (χ2n) is 3.10. The van der Waals surface area contributed by atoms with Crippen molar-refractivity contribution in [3.05, 3.63) is 29.3 Å². The number of aromatic carboxylic acids is 1. The van der Waals surface area contributed by atoms with E-state index in [4.69, 9.17) is 21.3 Å². The molecule has 0 saturated carbocycles. The van der Waals surface area contributed by atoms with Crippen LogP contribution in [0, 0.1) is 0 Å². The van der Waals surface area contributed by atoms with E-state index in [2.05, 4.69) is 0 Å². The van der Waals surface area contributed by atoms with E-state index >= 15 is 0 Å². The molecule has 82 valence electrons. The van der Waals surface area contributed by atoms with E-state index in [-0.39, 0.29) is 12.1 Å². The van der Waals surface area contributed by atoms with Gasteiger partial charge in [-0.2, -0.15) is 0 Å².